The molecular weight excluding hydrogens is 443 g/mol. The van der Waals surface area contributed by atoms with Gasteiger partial charge < -0.3 is 5.32 Å². The third kappa shape index (κ3) is 4.66. The van der Waals surface area contributed by atoms with E-state index < -0.39 is 5.82 Å². The maximum atomic E-state index is 13.8. The summed E-state index contributed by atoms with van der Waals surface area (Å²) in [4.78, 5) is 13.5. The van der Waals surface area contributed by atoms with E-state index in [0.29, 0.717) is 11.7 Å². The van der Waals surface area contributed by atoms with Crippen LogP contribution in [0.2, 0.25) is 0 Å². The number of carbonyl (C=O) groups is 1. The fourth-order valence-corrected chi connectivity index (χ4v) is 4.96. The standard InChI is InChI=1S/C24H21FN4OS2/c1-3-13-29-23(18-14-31-16(2)22(18)17-9-5-4-6-10-17)27-28-24(29)32-15-21(30)26-20-12-8-7-11-19(20)25/h3-12,14H,1,13,15H2,2H3,(H,26,30). The molecule has 0 atom stereocenters. The SMILES string of the molecule is C=CCn1c(SCC(=O)Nc2ccccc2F)nnc1-c1csc(C)c1-c1ccccc1. The lowest BCUT2D eigenvalue weighted by molar-refractivity contribution is -0.113. The number of hydrogen-bond acceptors (Lipinski definition) is 5. The Balaban J connectivity index is 1.58. The number of allylic oxidation sites excluding steroid dienone is 1. The molecule has 0 saturated carbocycles. The highest BCUT2D eigenvalue weighted by molar-refractivity contribution is 7.99. The molecule has 0 unspecified atom stereocenters. The van der Waals surface area contributed by atoms with Crippen molar-refractivity contribution in [2.75, 3.05) is 11.1 Å². The van der Waals surface area contributed by atoms with E-state index in [1.807, 2.05) is 22.8 Å². The van der Waals surface area contributed by atoms with Gasteiger partial charge >= 0.3 is 0 Å². The predicted octanol–water partition coefficient (Wildman–Crippen LogP) is 6.04. The number of nitrogens with zero attached hydrogens (tertiary/aromatic N) is 3. The van der Waals surface area contributed by atoms with Crippen LogP contribution >= 0.6 is 23.1 Å². The molecule has 0 spiro atoms. The van der Waals surface area contributed by atoms with Gasteiger partial charge in [0, 0.05) is 27.9 Å². The minimum atomic E-state index is -0.468. The molecule has 4 aromatic rings. The number of halogens is 1. The van der Waals surface area contributed by atoms with E-state index in [-0.39, 0.29) is 17.3 Å². The van der Waals surface area contributed by atoms with Gasteiger partial charge in [0.05, 0.1) is 11.4 Å². The van der Waals surface area contributed by atoms with Crippen LogP contribution in [0.1, 0.15) is 4.88 Å². The number of para-hydroxylation sites is 1. The third-order valence-electron chi connectivity index (χ3n) is 4.79. The molecular formula is C24H21FN4OS2. The molecule has 0 radical (unpaired) electrons. The molecule has 8 heteroatoms. The van der Waals surface area contributed by atoms with Crippen LogP contribution in [0.15, 0.2) is 77.8 Å². The van der Waals surface area contributed by atoms with Crippen LogP contribution in [0, 0.1) is 12.7 Å². The summed E-state index contributed by atoms with van der Waals surface area (Å²) in [6.07, 6.45) is 1.78. The number of amides is 1. The molecule has 5 nitrogen and oxygen atoms in total. The third-order valence-corrected chi connectivity index (χ3v) is 6.67. The van der Waals surface area contributed by atoms with E-state index in [2.05, 4.69) is 46.5 Å². The maximum Gasteiger partial charge on any atom is 0.234 e. The quantitative estimate of drug-likeness (QED) is 0.255. The topological polar surface area (TPSA) is 59.8 Å². The van der Waals surface area contributed by atoms with E-state index in [0.717, 1.165) is 22.5 Å². The van der Waals surface area contributed by atoms with Crippen molar-refractivity contribution in [1.82, 2.24) is 14.8 Å². The van der Waals surface area contributed by atoms with Gasteiger partial charge in [0.25, 0.3) is 0 Å². The molecule has 0 bridgehead atoms. The summed E-state index contributed by atoms with van der Waals surface area (Å²) in [5, 5.41) is 14.1. The Morgan fingerprint density at radius 3 is 2.69 bits per heavy atom. The average molecular weight is 465 g/mol. The monoisotopic (exact) mass is 464 g/mol. The number of rotatable bonds is 8. The first-order valence-electron chi connectivity index (χ1n) is 9.93. The number of anilines is 1. The second-order valence-electron chi connectivity index (χ2n) is 6.97. The lowest BCUT2D eigenvalue weighted by Crippen LogP contribution is -2.15. The minimum Gasteiger partial charge on any atom is -0.323 e. The summed E-state index contributed by atoms with van der Waals surface area (Å²) in [5.41, 5.74) is 3.40. The second-order valence-corrected chi connectivity index (χ2v) is 9.00. The fraction of sp³-hybridized carbons (Fsp3) is 0.125. The fourth-order valence-electron chi connectivity index (χ4n) is 3.35. The number of thioether (sulfide) groups is 1. The molecule has 0 saturated heterocycles. The maximum absolute atomic E-state index is 13.8. The number of benzene rings is 2. The average Bonchev–Trinajstić information content (AvgIpc) is 3.37. The van der Waals surface area contributed by atoms with Gasteiger partial charge in [-0.25, -0.2) is 4.39 Å². The van der Waals surface area contributed by atoms with Crippen LogP contribution in [-0.4, -0.2) is 26.4 Å². The minimum absolute atomic E-state index is 0.0812. The van der Waals surface area contributed by atoms with Crippen LogP contribution in [0.4, 0.5) is 10.1 Å². The molecule has 0 aliphatic carbocycles. The van der Waals surface area contributed by atoms with Crippen molar-refractivity contribution in [1.29, 1.82) is 0 Å². The number of thiophene rings is 1. The Bertz CT molecular complexity index is 1250. The molecule has 2 aromatic carbocycles. The van der Waals surface area contributed by atoms with Gasteiger partial charge in [-0.1, -0.05) is 60.3 Å². The summed E-state index contributed by atoms with van der Waals surface area (Å²) in [5.74, 6) is 0.0261. The highest BCUT2D eigenvalue weighted by Gasteiger charge is 2.20. The lowest BCUT2D eigenvalue weighted by atomic mass is 10.0. The number of hydrogen-bond donors (Lipinski definition) is 1. The van der Waals surface area contributed by atoms with Crippen LogP contribution in [0.5, 0.6) is 0 Å². The number of aryl methyl sites for hydroxylation is 1. The Labute approximate surface area is 194 Å². The van der Waals surface area contributed by atoms with Gasteiger partial charge in [-0.2, -0.15) is 0 Å². The van der Waals surface area contributed by atoms with Gasteiger partial charge in [-0.05, 0) is 24.6 Å². The van der Waals surface area contributed by atoms with Gasteiger partial charge in [-0.3, -0.25) is 9.36 Å². The van der Waals surface area contributed by atoms with Crippen molar-refractivity contribution in [3.8, 4) is 22.5 Å². The van der Waals surface area contributed by atoms with Crippen LogP contribution in [0.25, 0.3) is 22.5 Å². The van der Waals surface area contributed by atoms with Crippen molar-refractivity contribution < 1.29 is 9.18 Å². The molecule has 2 aromatic heterocycles. The molecule has 162 valence electrons. The van der Waals surface area contributed by atoms with E-state index in [9.17, 15) is 9.18 Å². The van der Waals surface area contributed by atoms with Gasteiger partial charge in [0.15, 0.2) is 11.0 Å². The summed E-state index contributed by atoms with van der Waals surface area (Å²) >= 11 is 2.92. The molecule has 32 heavy (non-hydrogen) atoms. The van der Waals surface area contributed by atoms with Crippen molar-refractivity contribution in [2.24, 2.45) is 0 Å². The molecule has 2 heterocycles. The molecule has 1 amide bonds. The van der Waals surface area contributed by atoms with Crippen LogP contribution in [0.3, 0.4) is 0 Å². The first-order valence-corrected chi connectivity index (χ1v) is 11.8. The van der Waals surface area contributed by atoms with Gasteiger partial charge in [0.2, 0.25) is 5.91 Å². The largest absolute Gasteiger partial charge is 0.323 e. The van der Waals surface area contributed by atoms with Crippen LogP contribution < -0.4 is 5.32 Å². The van der Waals surface area contributed by atoms with Crippen molar-refractivity contribution in [3.05, 3.63) is 83.3 Å². The smallest absolute Gasteiger partial charge is 0.234 e. The predicted molar refractivity (Wildman–Crippen MR) is 129 cm³/mol. The normalized spacial score (nSPS) is 10.8. The molecule has 4 rings (SSSR count). The summed E-state index contributed by atoms with van der Waals surface area (Å²) in [6, 6.07) is 16.3. The lowest BCUT2D eigenvalue weighted by Gasteiger charge is -2.10. The van der Waals surface area contributed by atoms with E-state index in [1.54, 1.807) is 29.5 Å². The molecule has 0 aliphatic rings. The Hall–Kier alpha value is -3.23. The zero-order valence-electron chi connectivity index (χ0n) is 17.4. The van der Waals surface area contributed by atoms with Crippen molar-refractivity contribution in [3.63, 3.8) is 0 Å². The summed E-state index contributed by atoms with van der Waals surface area (Å²) < 4.78 is 15.7. The highest BCUT2D eigenvalue weighted by atomic mass is 32.2. The first kappa shape index (κ1) is 22.0. The number of aromatic nitrogens is 3. The molecule has 0 aliphatic heterocycles. The Kier molecular flexibility index (Phi) is 6.82. The Morgan fingerprint density at radius 2 is 1.94 bits per heavy atom. The second kappa shape index (κ2) is 9.93. The summed E-state index contributed by atoms with van der Waals surface area (Å²) in [6.45, 7) is 6.45. The Morgan fingerprint density at radius 1 is 1.19 bits per heavy atom. The zero-order chi connectivity index (χ0) is 22.5. The van der Waals surface area contributed by atoms with Gasteiger partial charge in [-0.15, -0.1) is 28.1 Å². The van der Waals surface area contributed by atoms with Crippen molar-refractivity contribution in [2.45, 2.75) is 18.6 Å². The number of carbonyl (C=O) groups excluding carboxylic acids is 1. The number of nitrogens with one attached hydrogen (secondary N) is 1. The zero-order valence-corrected chi connectivity index (χ0v) is 19.0. The summed E-state index contributed by atoms with van der Waals surface area (Å²) in [7, 11) is 0. The van der Waals surface area contributed by atoms with E-state index in [1.165, 1.54) is 28.8 Å². The first-order chi connectivity index (χ1) is 15.6. The van der Waals surface area contributed by atoms with Gasteiger partial charge in [0.1, 0.15) is 5.82 Å². The van der Waals surface area contributed by atoms with Crippen molar-refractivity contribution >= 4 is 34.7 Å². The van der Waals surface area contributed by atoms with E-state index >= 15 is 0 Å². The highest BCUT2D eigenvalue weighted by Crippen LogP contribution is 2.39. The molecule has 0 fully saturated rings. The molecule has 1 N–H and O–H groups in total. The van der Waals surface area contributed by atoms with Crippen LogP contribution in [-0.2, 0) is 11.3 Å². The van der Waals surface area contributed by atoms with E-state index in [4.69, 9.17) is 0 Å².